The molecule has 5 saturated carbocycles. The number of hydrogen-bond donors (Lipinski definition) is 1. The fraction of sp³-hybridized carbons (Fsp3) is 0.903. The summed E-state index contributed by atoms with van der Waals surface area (Å²) in [7, 11) is 1.59. The largest absolute Gasteiger partial charge is 0.469 e. The summed E-state index contributed by atoms with van der Waals surface area (Å²) in [6.07, 6.45) is 13.1. The zero-order valence-electron chi connectivity index (χ0n) is 23.0. The first-order valence-electron chi connectivity index (χ1n) is 14.2. The Balaban J connectivity index is 1.60. The number of methoxy groups -OCH3 is 1. The van der Waals surface area contributed by atoms with E-state index in [-0.39, 0.29) is 44.6 Å². The highest BCUT2D eigenvalue weighted by atomic mass is 16.5. The third-order valence-corrected chi connectivity index (χ3v) is 14.1. The Bertz CT molecular complexity index is 878. The van der Waals surface area contributed by atoms with Crippen molar-refractivity contribution in [2.24, 2.45) is 56.2 Å². The first-order valence-corrected chi connectivity index (χ1v) is 14.2. The van der Waals surface area contributed by atoms with Gasteiger partial charge in [-0.1, -0.05) is 47.6 Å². The summed E-state index contributed by atoms with van der Waals surface area (Å²) in [5, 5.41) is 10.9. The molecule has 0 aromatic heterocycles. The first kappa shape index (κ1) is 24.8. The quantitative estimate of drug-likeness (QED) is 0.343. The molecule has 5 aliphatic rings. The van der Waals surface area contributed by atoms with Crippen molar-refractivity contribution < 1.29 is 14.6 Å². The number of carbonyl (C=O) groups is 1. The number of esters is 1. The van der Waals surface area contributed by atoms with E-state index in [1.165, 1.54) is 25.7 Å². The van der Waals surface area contributed by atoms with Crippen LogP contribution in [0.4, 0.5) is 0 Å². The predicted molar refractivity (Wildman–Crippen MR) is 137 cm³/mol. The van der Waals surface area contributed by atoms with Crippen LogP contribution in [0.3, 0.4) is 0 Å². The van der Waals surface area contributed by atoms with Gasteiger partial charge in [-0.3, -0.25) is 4.79 Å². The monoisotopic (exact) mass is 470 g/mol. The second-order valence-electron chi connectivity index (χ2n) is 14.8. The molecule has 3 heteroatoms. The molecular weight excluding hydrogens is 420 g/mol. The third kappa shape index (κ3) is 2.61. The van der Waals surface area contributed by atoms with Gasteiger partial charge in [0.1, 0.15) is 0 Å². The maximum atomic E-state index is 13.4. The number of carbonyl (C=O) groups excluding carboxylic acids is 1. The van der Waals surface area contributed by atoms with Crippen LogP contribution in [0.15, 0.2) is 12.7 Å². The van der Waals surface area contributed by atoms with E-state index in [2.05, 4.69) is 54.2 Å². The van der Waals surface area contributed by atoms with Crippen molar-refractivity contribution in [1.82, 2.24) is 0 Å². The molecule has 5 fully saturated rings. The van der Waals surface area contributed by atoms with Crippen LogP contribution in [-0.4, -0.2) is 24.3 Å². The molecule has 34 heavy (non-hydrogen) atoms. The van der Waals surface area contributed by atoms with E-state index in [1.807, 2.05) is 0 Å². The van der Waals surface area contributed by atoms with Crippen molar-refractivity contribution >= 4 is 5.97 Å². The van der Waals surface area contributed by atoms with Crippen LogP contribution in [-0.2, 0) is 9.53 Å². The summed E-state index contributed by atoms with van der Waals surface area (Å²) in [6.45, 7) is 19.3. The molecule has 0 aromatic carbocycles. The van der Waals surface area contributed by atoms with Crippen molar-refractivity contribution in [2.45, 2.75) is 112 Å². The van der Waals surface area contributed by atoms with Crippen LogP contribution in [0.25, 0.3) is 0 Å². The van der Waals surface area contributed by atoms with Gasteiger partial charge in [0.15, 0.2) is 0 Å². The summed E-state index contributed by atoms with van der Waals surface area (Å²) in [6, 6.07) is 0. The number of aliphatic hydroxyl groups is 1. The van der Waals surface area contributed by atoms with Crippen molar-refractivity contribution in [2.75, 3.05) is 7.11 Å². The molecule has 0 heterocycles. The number of rotatable bonds is 2. The van der Waals surface area contributed by atoms with Gasteiger partial charge >= 0.3 is 5.97 Å². The van der Waals surface area contributed by atoms with Gasteiger partial charge in [0.2, 0.25) is 0 Å². The summed E-state index contributed by atoms with van der Waals surface area (Å²) in [5.41, 5.74) is 0.480. The Morgan fingerprint density at radius 2 is 1.50 bits per heavy atom. The van der Waals surface area contributed by atoms with Gasteiger partial charge in [-0.25, -0.2) is 0 Å². The minimum atomic E-state index is -0.330. The number of aliphatic hydroxyl groups excluding tert-OH is 1. The van der Waals surface area contributed by atoms with Crippen LogP contribution in [0.1, 0.15) is 106 Å². The molecular formula is C31H50O3. The van der Waals surface area contributed by atoms with Gasteiger partial charge in [0.25, 0.3) is 0 Å². The highest BCUT2D eigenvalue weighted by Crippen LogP contribution is 2.81. The van der Waals surface area contributed by atoms with E-state index < -0.39 is 0 Å². The predicted octanol–water partition coefficient (Wildman–Crippen LogP) is 7.18. The topological polar surface area (TPSA) is 46.5 Å². The van der Waals surface area contributed by atoms with E-state index in [0.29, 0.717) is 23.7 Å². The number of hydrogen-bond acceptors (Lipinski definition) is 3. The number of ether oxygens (including phenoxy) is 1. The van der Waals surface area contributed by atoms with Gasteiger partial charge in [0.05, 0.1) is 18.6 Å². The SMILES string of the molecule is C=CC1CCC2(C(=O)OC)CCC3(C)C(C)(CCC4C5(C)CCC(O)C(C)(C)C5CCC43C)C12. The van der Waals surface area contributed by atoms with Crippen molar-refractivity contribution in [1.29, 1.82) is 0 Å². The Hall–Kier alpha value is -0.830. The normalized spacial score (nSPS) is 55.8. The molecule has 5 rings (SSSR count). The molecule has 0 aliphatic heterocycles. The van der Waals surface area contributed by atoms with E-state index in [0.717, 1.165) is 38.5 Å². The van der Waals surface area contributed by atoms with E-state index >= 15 is 0 Å². The number of fused-ring (bicyclic) bond motifs is 7. The fourth-order valence-electron chi connectivity index (χ4n) is 12.1. The van der Waals surface area contributed by atoms with Crippen LogP contribution >= 0.6 is 0 Å². The average Bonchev–Trinajstić information content (AvgIpc) is 3.19. The van der Waals surface area contributed by atoms with E-state index in [4.69, 9.17) is 4.74 Å². The molecule has 0 amide bonds. The molecule has 0 saturated heterocycles. The minimum Gasteiger partial charge on any atom is -0.469 e. The number of allylic oxidation sites excluding steroid dienone is 1. The molecule has 0 aromatic rings. The second-order valence-corrected chi connectivity index (χ2v) is 14.8. The van der Waals surface area contributed by atoms with Crippen LogP contribution in [0.5, 0.6) is 0 Å². The van der Waals surface area contributed by atoms with Gasteiger partial charge < -0.3 is 9.84 Å². The Morgan fingerprint density at radius 1 is 0.853 bits per heavy atom. The lowest BCUT2D eigenvalue weighted by Gasteiger charge is -2.75. The highest BCUT2D eigenvalue weighted by molar-refractivity contribution is 5.78. The molecule has 1 N–H and O–H groups in total. The molecule has 5 aliphatic carbocycles. The summed E-state index contributed by atoms with van der Waals surface area (Å²) in [5.74, 6) is 2.03. The molecule has 10 unspecified atom stereocenters. The Morgan fingerprint density at radius 3 is 2.15 bits per heavy atom. The zero-order valence-corrected chi connectivity index (χ0v) is 23.0. The lowest BCUT2D eigenvalue weighted by Crippen LogP contribution is -2.70. The van der Waals surface area contributed by atoms with Crippen molar-refractivity contribution in [3.8, 4) is 0 Å². The summed E-state index contributed by atoms with van der Waals surface area (Å²) >= 11 is 0. The Labute approximate surface area is 208 Å². The second kappa shape index (κ2) is 7.36. The third-order valence-electron chi connectivity index (χ3n) is 14.1. The molecule has 0 spiro atoms. The molecule has 192 valence electrons. The van der Waals surface area contributed by atoms with Gasteiger partial charge in [-0.05, 0) is 115 Å². The van der Waals surface area contributed by atoms with Crippen LogP contribution in [0, 0.1) is 56.2 Å². The van der Waals surface area contributed by atoms with E-state index in [9.17, 15) is 9.90 Å². The standard InChI is InChI=1S/C31H50O3/c1-9-20-10-17-31(25(33)34-8)19-18-30(7)28(5)15-11-21-26(2,3)23(32)13-14-27(21,4)22(28)12-16-29(30,6)24(20)31/h9,20-24,32H,1,10-19H2,2-8H3. The average molecular weight is 471 g/mol. The molecule has 3 nitrogen and oxygen atoms in total. The minimum absolute atomic E-state index is 0.0119. The van der Waals surface area contributed by atoms with Gasteiger partial charge in [-0.15, -0.1) is 6.58 Å². The summed E-state index contributed by atoms with van der Waals surface area (Å²) < 4.78 is 5.50. The lowest BCUT2D eigenvalue weighted by atomic mass is 9.29. The smallest absolute Gasteiger partial charge is 0.312 e. The van der Waals surface area contributed by atoms with Crippen molar-refractivity contribution in [3.05, 3.63) is 12.7 Å². The van der Waals surface area contributed by atoms with Gasteiger partial charge in [0, 0.05) is 0 Å². The van der Waals surface area contributed by atoms with E-state index in [1.54, 1.807) is 7.11 Å². The highest BCUT2D eigenvalue weighted by Gasteiger charge is 2.75. The Kier molecular flexibility index (Phi) is 5.38. The molecule has 0 bridgehead atoms. The van der Waals surface area contributed by atoms with Crippen LogP contribution in [0.2, 0.25) is 0 Å². The fourth-order valence-corrected chi connectivity index (χ4v) is 12.1. The lowest BCUT2D eigenvalue weighted by molar-refractivity contribution is -0.276. The van der Waals surface area contributed by atoms with Crippen LogP contribution < -0.4 is 0 Å². The first-order chi connectivity index (χ1) is 15.8. The molecule has 0 radical (unpaired) electrons. The van der Waals surface area contributed by atoms with Gasteiger partial charge in [-0.2, -0.15) is 0 Å². The zero-order chi connectivity index (χ0) is 24.9. The summed E-state index contributed by atoms with van der Waals surface area (Å²) in [4.78, 5) is 13.4. The maximum absolute atomic E-state index is 13.4. The maximum Gasteiger partial charge on any atom is 0.312 e. The van der Waals surface area contributed by atoms with Crippen molar-refractivity contribution in [3.63, 3.8) is 0 Å². The molecule has 10 atom stereocenters.